The second-order valence-corrected chi connectivity index (χ2v) is 9.67. The monoisotopic (exact) mass is 506 g/mol. The fraction of sp³-hybridized carbons (Fsp3) is 0.444. The van der Waals surface area contributed by atoms with Gasteiger partial charge in [-0.3, -0.25) is 9.69 Å². The number of methoxy groups -OCH3 is 2. The summed E-state index contributed by atoms with van der Waals surface area (Å²) in [7, 11) is 3.24. The number of benzene rings is 1. The van der Waals surface area contributed by atoms with Gasteiger partial charge < -0.3 is 29.8 Å². The number of carbonyl (C=O) groups excluding carboxylic acids is 1. The number of piperidine rings is 1. The van der Waals surface area contributed by atoms with Crippen molar-refractivity contribution in [2.75, 3.05) is 52.7 Å². The number of anilines is 1. The number of aliphatic hydroxyl groups excluding tert-OH is 1. The Bertz CT molecular complexity index is 1280. The SMILES string of the molecule is COc1cc(OC)cc(-c2cn([C@H]3CCN(C(=O)/C=C/CN4CCC(O)CC4)C3)c3ncnc(N)c23)c1. The third-order valence-electron chi connectivity index (χ3n) is 7.35. The Morgan fingerprint density at radius 3 is 2.54 bits per heavy atom. The average molecular weight is 507 g/mol. The summed E-state index contributed by atoms with van der Waals surface area (Å²) in [6, 6.07) is 5.77. The molecule has 2 aromatic heterocycles. The average Bonchev–Trinajstić information content (AvgIpc) is 3.55. The van der Waals surface area contributed by atoms with Crippen LogP contribution in [0.1, 0.15) is 25.3 Å². The van der Waals surface area contributed by atoms with Gasteiger partial charge in [-0.1, -0.05) is 6.08 Å². The number of aliphatic hydroxyl groups is 1. The third kappa shape index (κ3) is 5.26. The highest BCUT2D eigenvalue weighted by atomic mass is 16.5. The van der Waals surface area contributed by atoms with Gasteiger partial charge in [0.15, 0.2) is 0 Å². The van der Waals surface area contributed by atoms with Crippen LogP contribution in [0.4, 0.5) is 5.82 Å². The van der Waals surface area contributed by atoms with E-state index in [0.717, 1.165) is 61.1 Å². The van der Waals surface area contributed by atoms with Crippen molar-refractivity contribution in [3.8, 4) is 22.6 Å². The van der Waals surface area contributed by atoms with E-state index in [0.29, 0.717) is 30.4 Å². The molecule has 4 heterocycles. The van der Waals surface area contributed by atoms with E-state index in [1.54, 1.807) is 20.3 Å². The third-order valence-corrected chi connectivity index (χ3v) is 7.35. The van der Waals surface area contributed by atoms with Gasteiger partial charge in [-0.25, -0.2) is 9.97 Å². The largest absolute Gasteiger partial charge is 0.497 e. The number of nitrogens with zero attached hydrogens (tertiary/aromatic N) is 5. The Morgan fingerprint density at radius 2 is 1.84 bits per heavy atom. The minimum Gasteiger partial charge on any atom is -0.497 e. The predicted octanol–water partition coefficient (Wildman–Crippen LogP) is 2.48. The summed E-state index contributed by atoms with van der Waals surface area (Å²) in [6.45, 7) is 3.71. The minimum atomic E-state index is -0.194. The van der Waals surface area contributed by atoms with Gasteiger partial charge >= 0.3 is 0 Å². The number of hydrogen-bond acceptors (Lipinski definition) is 8. The van der Waals surface area contributed by atoms with Crippen LogP contribution in [0.3, 0.4) is 0 Å². The summed E-state index contributed by atoms with van der Waals surface area (Å²) in [6.07, 6.45) is 9.33. The number of fused-ring (bicyclic) bond motifs is 1. The van der Waals surface area contributed by atoms with E-state index < -0.39 is 0 Å². The summed E-state index contributed by atoms with van der Waals surface area (Å²) in [5, 5.41) is 10.4. The summed E-state index contributed by atoms with van der Waals surface area (Å²) in [4.78, 5) is 25.8. The zero-order chi connectivity index (χ0) is 25.9. The maximum atomic E-state index is 12.9. The Balaban J connectivity index is 1.36. The summed E-state index contributed by atoms with van der Waals surface area (Å²) in [5.41, 5.74) is 8.85. The van der Waals surface area contributed by atoms with Crippen LogP contribution in [-0.4, -0.2) is 88.4 Å². The zero-order valence-electron chi connectivity index (χ0n) is 21.3. The Labute approximate surface area is 216 Å². The lowest BCUT2D eigenvalue weighted by Crippen LogP contribution is -2.36. The molecule has 0 bridgehead atoms. The predicted molar refractivity (Wildman–Crippen MR) is 142 cm³/mol. The molecule has 37 heavy (non-hydrogen) atoms. The van der Waals surface area contributed by atoms with Crippen molar-refractivity contribution < 1.29 is 19.4 Å². The number of nitrogen functional groups attached to an aromatic ring is 1. The molecular weight excluding hydrogens is 472 g/mol. The smallest absolute Gasteiger partial charge is 0.246 e. The molecule has 10 heteroatoms. The van der Waals surface area contributed by atoms with Crippen molar-refractivity contribution in [1.82, 2.24) is 24.3 Å². The van der Waals surface area contributed by atoms with Gasteiger partial charge in [0.25, 0.3) is 0 Å². The van der Waals surface area contributed by atoms with Gasteiger partial charge in [-0.15, -0.1) is 0 Å². The van der Waals surface area contributed by atoms with Crippen LogP contribution < -0.4 is 15.2 Å². The number of ether oxygens (including phenoxy) is 2. The number of rotatable bonds is 7. The summed E-state index contributed by atoms with van der Waals surface area (Å²) in [5.74, 6) is 1.77. The molecule has 1 aromatic carbocycles. The Kier molecular flexibility index (Phi) is 7.29. The fourth-order valence-corrected chi connectivity index (χ4v) is 5.25. The maximum absolute atomic E-state index is 12.9. The van der Waals surface area contributed by atoms with Crippen LogP contribution in [0.2, 0.25) is 0 Å². The number of hydrogen-bond donors (Lipinski definition) is 2. The van der Waals surface area contributed by atoms with E-state index in [1.807, 2.05) is 35.4 Å². The first-order valence-electron chi connectivity index (χ1n) is 12.7. The van der Waals surface area contributed by atoms with Gasteiger partial charge in [0, 0.05) is 56.6 Å². The molecule has 5 rings (SSSR count). The van der Waals surface area contributed by atoms with Crippen molar-refractivity contribution in [3.05, 3.63) is 42.9 Å². The molecule has 196 valence electrons. The Hall–Kier alpha value is -3.63. The second kappa shape index (κ2) is 10.8. The van der Waals surface area contributed by atoms with Crippen LogP contribution >= 0.6 is 0 Å². The van der Waals surface area contributed by atoms with Crippen LogP contribution in [0, 0.1) is 0 Å². The molecule has 1 atom stereocenters. The van der Waals surface area contributed by atoms with Gasteiger partial charge in [-0.05, 0) is 37.0 Å². The van der Waals surface area contributed by atoms with E-state index in [-0.39, 0.29) is 18.1 Å². The normalized spacial score (nSPS) is 19.2. The lowest BCUT2D eigenvalue weighted by Gasteiger charge is -2.28. The topological polar surface area (TPSA) is 119 Å². The molecule has 2 fully saturated rings. The number of aromatic nitrogens is 3. The maximum Gasteiger partial charge on any atom is 0.246 e. The number of carbonyl (C=O) groups is 1. The highest BCUT2D eigenvalue weighted by Gasteiger charge is 2.29. The Morgan fingerprint density at radius 1 is 1.11 bits per heavy atom. The van der Waals surface area contributed by atoms with Crippen LogP contribution in [-0.2, 0) is 4.79 Å². The fourth-order valence-electron chi connectivity index (χ4n) is 5.25. The highest BCUT2D eigenvalue weighted by Crippen LogP contribution is 2.39. The van der Waals surface area contributed by atoms with Gasteiger partial charge in [0.1, 0.15) is 29.3 Å². The van der Waals surface area contributed by atoms with Crippen molar-refractivity contribution in [3.63, 3.8) is 0 Å². The first-order chi connectivity index (χ1) is 18.0. The molecule has 0 spiro atoms. The van der Waals surface area contributed by atoms with E-state index >= 15 is 0 Å². The van der Waals surface area contributed by atoms with Crippen LogP contribution in [0.15, 0.2) is 42.9 Å². The molecule has 0 saturated carbocycles. The van der Waals surface area contributed by atoms with Gasteiger partial charge in [0.2, 0.25) is 5.91 Å². The molecule has 2 aliphatic rings. The van der Waals surface area contributed by atoms with Crippen LogP contribution in [0.5, 0.6) is 11.5 Å². The van der Waals surface area contributed by atoms with E-state index in [2.05, 4.69) is 19.4 Å². The van der Waals surface area contributed by atoms with Crippen LogP contribution in [0.25, 0.3) is 22.2 Å². The van der Waals surface area contributed by atoms with Crippen molar-refractivity contribution in [2.24, 2.45) is 0 Å². The molecule has 3 N–H and O–H groups in total. The summed E-state index contributed by atoms with van der Waals surface area (Å²) < 4.78 is 13.1. The molecule has 0 aliphatic carbocycles. The van der Waals surface area contributed by atoms with Crippen molar-refractivity contribution >= 4 is 22.8 Å². The number of amides is 1. The minimum absolute atomic E-state index is 0.0166. The van der Waals surface area contributed by atoms with E-state index in [9.17, 15) is 9.90 Å². The number of likely N-dealkylation sites (tertiary alicyclic amines) is 2. The first-order valence-corrected chi connectivity index (χ1v) is 12.7. The van der Waals surface area contributed by atoms with Crippen molar-refractivity contribution in [1.29, 1.82) is 0 Å². The zero-order valence-corrected chi connectivity index (χ0v) is 21.3. The molecule has 0 radical (unpaired) electrons. The van der Waals surface area contributed by atoms with E-state index in [1.165, 1.54) is 6.33 Å². The second-order valence-electron chi connectivity index (χ2n) is 9.67. The lowest BCUT2D eigenvalue weighted by molar-refractivity contribution is -0.125. The quantitative estimate of drug-likeness (QED) is 0.469. The van der Waals surface area contributed by atoms with Crippen molar-refractivity contribution in [2.45, 2.75) is 31.4 Å². The molecule has 2 saturated heterocycles. The van der Waals surface area contributed by atoms with E-state index in [4.69, 9.17) is 15.2 Å². The molecule has 2 aliphatic heterocycles. The lowest BCUT2D eigenvalue weighted by atomic mass is 10.1. The first kappa shape index (κ1) is 25.0. The standard InChI is InChI=1S/C27H34N6O4/c1-36-21-12-18(13-22(14-21)37-2)23-16-33(27-25(23)26(28)29-17-30-27)19-5-11-32(15-19)24(35)4-3-8-31-9-6-20(34)7-10-31/h3-4,12-14,16-17,19-20,34H,5-11,15H2,1-2H3,(H2,28,29,30)/b4-3+/t19-/m0/s1. The van der Waals surface area contributed by atoms with Gasteiger partial charge in [0.05, 0.1) is 31.8 Å². The number of nitrogens with two attached hydrogens (primary N) is 1. The van der Waals surface area contributed by atoms with Gasteiger partial charge in [-0.2, -0.15) is 0 Å². The molecular formula is C27H34N6O4. The highest BCUT2D eigenvalue weighted by molar-refractivity contribution is 6.01. The molecule has 10 nitrogen and oxygen atoms in total. The summed E-state index contributed by atoms with van der Waals surface area (Å²) >= 11 is 0. The molecule has 0 unspecified atom stereocenters. The molecule has 3 aromatic rings. The molecule has 1 amide bonds.